The zero-order chi connectivity index (χ0) is 12.3. The van der Waals surface area contributed by atoms with Crippen LogP contribution in [0.5, 0.6) is 0 Å². The number of aromatic nitrogens is 1. The maximum absolute atomic E-state index is 11.8. The van der Waals surface area contributed by atoms with Gasteiger partial charge in [0.1, 0.15) is 6.26 Å². The fourth-order valence-electron chi connectivity index (χ4n) is 2.12. The molecule has 0 spiro atoms. The van der Waals surface area contributed by atoms with Gasteiger partial charge in [0.2, 0.25) is 0 Å². The zero-order valence-corrected chi connectivity index (χ0v) is 10.4. The summed E-state index contributed by atoms with van der Waals surface area (Å²) in [6, 6.07) is 0. The summed E-state index contributed by atoms with van der Waals surface area (Å²) in [5, 5.41) is 8.41. The number of oxazole rings is 1. The van der Waals surface area contributed by atoms with E-state index in [1.807, 2.05) is 0 Å². The molecule has 1 aliphatic rings. The summed E-state index contributed by atoms with van der Waals surface area (Å²) in [7, 11) is -2.97. The van der Waals surface area contributed by atoms with Crippen molar-refractivity contribution >= 4 is 9.84 Å². The van der Waals surface area contributed by atoms with Crippen LogP contribution in [0.15, 0.2) is 10.7 Å². The summed E-state index contributed by atoms with van der Waals surface area (Å²) in [4.78, 5) is 4.17. The second kappa shape index (κ2) is 5.18. The molecule has 1 saturated heterocycles. The normalized spacial score (nSPS) is 23.7. The molecule has 5 nitrogen and oxygen atoms in total. The highest BCUT2D eigenvalue weighted by molar-refractivity contribution is 7.92. The van der Waals surface area contributed by atoms with Crippen molar-refractivity contribution in [1.82, 2.24) is 4.98 Å². The molecule has 6 heteroatoms. The third kappa shape index (κ3) is 3.07. The monoisotopic (exact) mass is 259 g/mol. The van der Waals surface area contributed by atoms with E-state index in [9.17, 15) is 8.42 Å². The lowest BCUT2D eigenvalue weighted by molar-refractivity contribution is 0.298. The standard InChI is InChI=1S/C11H17NO4S/c13-5-4-9-8-16-11(12-9)7-10-3-1-2-6-17(10,14)15/h8,10,13H,1-7H2. The largest absolute Gasteiger partial charge is 0.449 e. The Labute approximate surface area is 101 Å². The average molecular weight is 259 g/mol. The summed E-state index contributed by atoms with van der Waals surface area (Å²) in [6.07, 6.45) is 4.70. The van der Waals surface area contributed by atoms with Crippen molar-refractivity contribution in [2.24, 2.45) is 0 Å². The molecule has 0 aromatic carbocycles. The van der Waals surface area contributed by atoms with E-state index in [2.05, 4.69) is 4.98 Å². The number of rotatable bonds is 4. The number of hydrogen-bond donors (Lipinski definition) is 1. The number of hydrogen-bond acceptors (Lipinski definition) is 5. The number of sulfone groups is 1. The van der Waals surface area contributed by atoms with Gasteiger partial charge in [0.05, 0.1) is 16.7 Å². The van der Waals surface area contributed by atoms with Crippen LogP contribution in [0, 0.1) is 0 Å². The summed E-state index contributed by atoms with van der Waals surface area (Å²) in [5.41, 5.74) is 0.677. The fraction of sp³-hybridized carbons (Fsp3) is 0.727. The molecule has 0 radical (unpaired) electrons. The molecule has 2 heterocycles. The predicted octanol–water partition coefficient (Wildman–Crippen LogP) is 0.719. The average Bonchev–Trinajstić information content (AvgIpc) is 2.70. The maximum atomic E-state index is 11.8. The Morgan fingerprint density at radius 1 is 1.47 bits per heavy atom. The minimum Gasteiger partial charge on any atom is -0.449 e. The first-order valence-corrected chi connectivity index (χ1v) is 7.59. The van der Waals surface area contributed by atoms with E-state index in [4.69, 9.17) is 9.52 Å². The molecular formula is C11H17NO4S. The van der Waals surface area contributed by atoms with Gasteiger partial charge in [-0.3, -0.25) is 0 Å². The van der Waals surface area contributed by atoms with Gasteiger partial charge < -0.3 is 9.52 Å². The highest BCUT2D eigenvalue weighted by atomic mass is 32.2. The lowest BCUT2D eigenvalue weighted by atomic mass is 10.1. The van der Waals surface area contributed by atoms with Gasteiger partial charge in [-0.2, -0.15) is 0 Å². The smallest absolute Gasteiger partial charge is 0.195 e. The molecule has 17 heavy (non-hydrogen) atoms. The van der Waals surface area contributed by atoms with Gasteiger partial charge in [-0.1, -0.05) is 6.42 Å². The van der Waals surface area contributed by atoms with E-state index >= 15 is 0 Å². The Morgan fingerprint density at radius 2 is 2.29 bits per heavy atom. The number of aliphatic hydroxyl groups is 1. The minimum atomic E-state index is -2.97. The van der Waals surface area contributed by atoms with Crippen molar-refractivity contribution in [3.8, 4) is 0 Å². The van der Waals surface area contributed by atoms with Gasteiger partial charge in [-0.15, -0.1) is 0 Å². The molecule has 2 rings (SSSR count). The summed E-state index contributed by atoms with van der Waals surface area (Å²) >= 11 is 0. The second-order valence-electron chi connectivity index (χ2n) is 4.40. The van der Waals surface area contributed by atoms with Crippen molar-refractivity contribution in [3.05, 3.63) is 17.8 Å². The molecule has 1 atom stereocenters. The molecule has 0 bridgehead atoms. The highest BCUT2D eigenvalue weighted by Gasteiger charge is 2.30. The van der Waals surface area contributed by atoms with Crippen molar-refractivity contribution in [2.75, 3.05) is 12.4 Å². The molecule has 1 N–H and O–H groups in total. The van der Waals surface area contributed by atoms with Gasteiger partial charge in [0, 0.05) is 19.4 Å². The number of aliphatic hydroxyl groups excluding tert-OH is 1. The minimum absolute atomic E-state index is 0.0215. The lowest BCUT2D eigenvalue weighted by Crippen LogP contribution is -2.30. The van der Waals surface area contributed by atoms with Crippen LogP contribution < -0.4 is 0 Å². The Balaban J connectivity index is 2.04. The van der Waals surface area contributed by atoms with Crippen molar-refractivity contribution < 1.29 is 17.9 Å². The van der Waals surface area contributed by atoms with E-state index < -0.39 is 9.84 Å². The first-order chi connectivity index (χ1) is 8.12. The van der Waals surface area contributed by atoms with Crippen LogP contribution in [0.3, 0.4) is 0 Å². The van der Waals surface area contributed by atoms with Gasteiger partial charge in [0.25, 0.3) is 0 Å². The van der Waals surface area contributed by atoms with E-state index in [1.165, 1.54) is 6.26 Å². The van der Waals surface area contributed by atoms with Crippen LogP contribution in [-0.4, -0.2) is 36.1 Å². The molecule has 1 aromatic rings. The van der Waals surface area contributed by atoms with E-state index in [0.717, 1.165) is 12.8 Å². The molecule has 96 valence electrons. The summed E-state index contributed by atoms with van der Waals surface area (Å²) in [6.45, 7) is 0.0215. The molecule has 1 unspecified atom stereocenters. The Hall–Kier alpha value is -0.880. The van der Waals surface area contributed by atoms with Crippen LogP contribution >= 0.6 is 0 Å². The molecule has 0 aliphatic carbocycles. The van der Waals surface area contributed by atoms with Crippen LogP contribution in [0.2, 0.25) is 0 Å². The Kier molecular flexibility index (Phi) is 3.83. The first-order valence-electron chi connectivity index (χ1n) is 5.87. The quantitative estimate of drug-likeness (QED) is 0.861. The third-order valence-electron chi connectivity index (χ3n) is 3.08. The SMILES string of the molecule is O=S1(=O)CCCCC1Cc1nc(CCO)co1. The number of nitrogens with zero attached hydrogens (tertiary/aromatic N) is 1. The fourth-order valence-corrected chi connectivity index (χ4v) is 3.98. The van der Waals surface area contributed by atoms with Crippen molar-refractivity contribution in [3.63, 3.8) is 0 Å². The lowest BCUT2D eigenvalue weighted by Gasteiger charge is -2.20. The van der Waals surface area contributed by atoms with E-state index in [1.54, 1.807) is 0 Å². The highest BCUT2D eigenvalue weighted by Crippen LogP contribution is 2.22. The molecule has 0 amide bonds. The topological polar surface area (TPSA) is 80.4 Å². The van der Waals surface area contributed by atoms with Gasteiger partial charge in [0.15, 0.2) is 15.7 Å². The van der Waals surface area contributed by atoms with Crippen molar-refractivity contribution in [1.29, 1.82) is 0 Å². The third-order valence-corrected chi connectivity index (χ3v) is 5.36. The van der Waals surface area contributed by atoms with Gasteiger partial charge in [-0.05, 0) is 12.8 Å². The Morgan fingerprint density at radius 3 is 3.00 bits per heavy atom. The molecule has 1 aromatic heterocycles. The predicted molar refractivity (Wildman–Crippen MR) is 62.4 cm³/mol. The van der Waals surface area contributed by atoms with Crippen LogP contribution in [0.1, 0.15) is 30.8 Å². The van der Waals surface area contributed by atoms with Crippen molar-refractivity contribution in [2.45, 2.75) is 37.4 Å². The maximum Gasteiger partial charge on any atom is 0.195 e. The molecule has 0 saturated carbocycles. The van der Waals surface area contributed by atoms with Crippen LogP contribution in [0.4, 0.5) is 0 Å². The van der Waals surface area contributed by atoms with Crippen LogP contribution in [-0.2, 0) is 22.7 Å². The summed E-state index contributed by atoms with van der Waals surface area (Å²) in [5.74, 6) is 0.742. The van der Waals surface area contributed by atoms with Crippen LogP contribution in [0.25, 0.3) is 0 Å². The van der Waals surface area contributed by atoms with E-state index in [-0.39, 0.29) is 17.6 Å². The summed E-state index contributed by atoms with van der Waals surface area (Å²) < 4.78 is 28.8. The first kappa shape index (κ1) is 12.6. The molecule has 1 fully saturated rings. The molecule has 1 aliphatic heterocycles. The zero-order valence-electron chi connectivity index (χ0n) is 9.63. The van der Waals surface area contributed by atoms with Gasteiger partial charge in [-0.25, -0.2) is 13.4 Å². The molecular weight excluding hydrogens is 242 g/mol. The second-order valence-corrected chi connectivity index (χ2v) is 6.80. The Bertz CT molecular complexity index is 466. The van der Waals surface area contributed by atoms with E-state index in [0.29, 0.717) is 30.8 Å². The van der Waals surface area contributed by atoms with Gasteiger partial charge >= 0.3 is 0 Å².